The van der Waals surface area contributed by atoms with E-state index in [-0.39, 0.29) is 12.3 Å². The van der Waals surface area contributed by atoms with Gasteiger partial charge < -0.3 is 9.47 Å². The molecule has 0 aliphatic heterocycles. The van der Waals surface area contributed by atoms with Gasteiger partial charge in [-0.05, 0) is 31.0 Å². The van der Waals surface area contributed by atoms with E-state index in [0.717, 1.165) is 22.4 Å². The SMILES string of the molecule is COc1cc(CC(=O)NN)c(OC)c(C)c1C. The summed E-state index contributed by atoms with van der Waals surface area (Å²) in [6.07, 6.45) is 0.164. The minimum atomic E-state index is -0.270. The van der Waals surface area contributed by atoms with E-state index in [1.54, 1.807) is 20.3 Å². The van der Waals surface area contributed by atoms with E-state index in [4.69, 9.17) is 15.3 Å². The van der Waals surface area contributed by atoms with E-state index < -0.39 is 0 Å². The number of hydrogen-bond acceptors (Lipinski definition) is 4. The third-order valence-electron chi connectivity index (χ3n) is 2.81. The predicted octanol–water partition coefficient (Wildman–Crippen LogP) is 0.853. The number of nitrogens with one attached hydrogen (secondary N) is 1. The fourth-order valence-corrected chi connectivity index (χ4v) is 1.78. The maximum absolute atomic E-state index is 11.3. The Labute approximate surface area is 101 Å². The summed E-state index contributed by atoms with van der Waals surface area (Å²) in [5.74, 6) is 6.25. The molecule has 0 radical (unpaired) electrons. The summed E-state index contributed by atoms with van der Waals surface area (Å²) in [5, 5.41) is 0. The van der Waals surface area contributed by atoms with E-state index in [0.29, 0.717) is 5.75 Å². The maximum atomic E-state index is 11.3. The summed E-state index contributed by atoms with van der Waals surface area (Å²) in [6.45, 7) is 3.88. The molecule has 1 amide bonds. The van der Waals surface area contributed by atoms with Crippen LogP contribution in [0.2, 0.25) is 0 Å². The zero-order valence-corrected chi connectivity index (χ0v) is 10.6. The van der Waals surface area contributed by atoms with Crippen molar-refractivity contribution >= 4 is 5.91 Å². The fraction of sp³-hybridized carbons (Fsp3) is 0.417. The van der Waals surface area contributed by atoms with Crippen LogP contribution < -0.4 is 20.7 Å². The first-order valence-electron chi connectivity index (χ1n) is 5.25. The van der Waals surface area contributed by atoms with Crippen LogP contribution in [-0.4, -0.2) is 20.1 Å². The number of methoxy groups -OCH3 is 2. The fourth-order valence-electron chi connectivity index (χ4n) is 1.78. The molecule has 0 unspecified atom stereocenters. The Morgan fingerprint density at radius 1 is 1.29 bits per heavy atom. The molecule has 0 saturated carbocycles. The molecule has 0 saturated heterocycles. The second-order valence-corrected chi connectivity index (χ2v) is 3.77. The van der Waals surface area contributed by atoms with Crippen LogP contribution in [0.3, 0.4) is 0 Å². The highest BCUT2D eigenvalue weighted by molar-refractivity contribution is 5.79. The van der Waals surface area contributed by atoms with Gasteiger partial charge in [-0.25, -0.2) is 5.84 Å². The zero-order chi connectivity index (χ0) is 13.0. The molecule has 0 spiro atoms. The molecule has 94 valence electrons. The molecule has 0 aromatic heterocycles. The summed E-state index contributed by atoms with van der Waals surface area (Å²) in [6, 6.07) is 1.80. The minimum absolute atomic E-state index is 0.164. The van der Waals surface area contributed by atoms with Gasteiger partial charge in [-0.15, -0.1) is 0 Å². The molecule has 17 heavy (non-hydrogen) atoms. The molecular formula is C12H18N2O3. The largest absolute Gasteiger partial charge is 0.496 e. The molecule has 5 nitrogen and oxygen atoms in total. The first-order valence-corrected chi connectivity index (χ1v) is 5.25. The maximum Gasteiger partial charge on any atom is 0.238 e. The number of hydrazine groups is 1. The Morgan fingerprint density at radius 3 is 2.41 bits per heavy atom. The topological polar surface area (TPSA) is 73.6 Å². The number of hydrogen-bond donors (Lipinski definition) is 2. The molecule has 0 bridgehead atoms. The van der Waals surface area contributed by atoms with Gasteiger partial charge in [0.25, 0.3) is 0 Å². The van der Waals surface area contributed by atoms with Crippen molar-refractivity contribution in [3.8, 4) is 11.5 Å². The van der Waals surface area contributed by atoms with Gasteiger partial charge in [0.1, 0.15) is 11.5 Å². The normalized spacial score (nSPS) is 9.94. The molecule has 5 heteroatoms. The van der Waals surface area contributed by atoms with Crippen molar-refractivity contribution < 1.29 is 14.3 Å². The monoisotopic (exact) mass is 238 g/mol. The molecule has 0 aliphatic rings. The van der Waals surface area contributed by atoms with Crippen molar-refractivity contribution in [2.75, 3.05) is 14.2 Å². The molecule has 0 atom stereocenters. The zero-order valence-electron chi connectivity index (χ0n) is 10.6. The lowest BCUT2D eigenvalue weighted by molar-refractivity contribution is -0.120. The number of rotatable bonds is 4. The van der Waals surface area contributed by atoms with Gasteiger partial charge in [-0.1, -0.05) is 0 Å². The van der Waals surface area contributed by atoms with E-state index in [1.807, 2.05) is 13.8 Å². The van der Waals surface area contributed by atoms with Gasteiger partial charge in [-0.3, -0.25) is 10.2 Å². The van der Waals surface area contributed by atoms with Crippen LogP contribution >= 0.6 is 0 Å². The Balaban J connectivity index is 3.27. The summed E-state index contributed by atoms with van der Waals surface area (Å²) in [4.78, 5) is 11.3. The Hall–Kier alpha value is -1.75. The lowest BCUT2D eigenvalue weighted by Crippen LogP contribution is -2.31. The van der Waals surface area contributed by atoms with Gasteiger partial charge >= 0.3 is 0 Å². The number of nitrogens with two attached hydrogens (primary N) is 1. The van der Waals surface area contributed by atoms with Crippen LogP contribution in [-0.2, 0) is 11.2 Å². The van der Waals surface area contributed by atoms with Gasteiger partial charge in [0.2, 0.25) is 5.91 Å². The van der Waals surface area contributed by atoms with Crippen molar-refractivity contribution in [2.24, 2.45) is 5.84 Å². The highest BCUT2D eigenvalue weighted by atomic mass is 16.5. The van der Waals surface area contributed by atoms with Crippen molar-refractivity contribution in [2.45, 2.75) is 20.3 Å². The second kappa shape index (κ2) is 5.54. The number of carbonyl (C=O) groups excluding carboxylic acids is 1. The third-order valence-corrected chi connectivity index (χ3v) is 2.81. The van der Waals surface area contributed by atoms with Crippen molar-refractivity contribution in [3.05, 3.63) is 22.8 Å². The first kappa shape index (κ1) is 13.3. The average Bonchev–Trinajstić information content (AvgIpc) is 2.33. The van der Waals surface area contributed by atoms with Crippen LogP contribution in [0.5, 0.6) is 11.5 Å². The second-order valence-electron chi connectivity index (χ2n) is 3.77. The smallest absolute Gasteiger partial charge is 0.238 e. The Bertz CT molecular complexity index is 430. The van der Waals surface area contributed by atoms with Crippen LogP contribution in [0.4, 0.5) is 0 Å². The van der Waals surface area contributed by atoms with Crippen LogP contribution in [0, 0.1) is 13.8 Å². The molecule has 0 heterocycles. The number of benzene rings is 1. The first-order chi connectivity index (χ1) is 8.04. The summed E-state index contributed by atoms with van der Waals surface area (Å²) < 4.78 is 10.6. The summed E-state index contributed by atoms with van der Waals surface area (Å²) >= 11 is 0. The van der Waals surface area contributed by atoms with Crippen LogP contribution in [0.25, 0.3) is 0 Å². The molecule has 0 aliphatic carbocycles. The minimum Gasteiger partial charge on any atom is -0.496 e. The van der Waals surface area contributed by atoms with Gasteiger partial charge in [0, 0.05) is 5.56 Å². The van der Waals surface area contributed by atoms with Crippen molar-refractivity contribution in [1.82, 2.24) is 5.43 Å². The van der Waals surface area contributed by atoms with E-state index in [1.165, 1.54) is 0 Å². The Morgan fingerprint density at radius 2 is 1.94 bits per heavy atom. The van der Waals surface area contributed by atoms with Gasteiger partial charge in [0.05, 0.1) is 20.6 Å². The highest BCUT2D eigenvalue weighted by Gasteiger charge is 2.15. The summed E-state index contributed by atoms with van der Waals surface area (Å²) in [5.41, 5.74) is 4.83. The molecule has 1 aromatic carbocycles. The summed E-state index contributed by atoms with van der Waals surface area (Å²) in [7, 11) is 3.18. The number of ether oxygens (including phenoxy) is 2. The van der Waals surface area contributed by atoms with E-state index in [2.05, 4.69) is 5.43 Å². The van der Waals surface area contributed by atoms with E-state index >= 15 is 0 Å². The molecule has 3 N–H and O–H groups in total. The van der Waals surface area contributed by atoms with Gasteiger partial charge in [-0.2, -0.15) is 0 Å². The molecule has 1 rings (SSSR count). The van der Waals surface area contributed by atoms with Crippen molar-refractivity contribution in [3.63, 3.8) is 0 Å². The molecule has 1 aromatic rings. The average molecular weight is 238 g/mol. The van der Waals surface area contributed by atoms with Gasteiger partial charge in [0.15, 0.2) is 0 Å². The third kappa shape index (κ3) is 2.68. The highest BCUT2D eigenvalue weighted by Crippen LogP contribution is 2.33. The lowest BCUT2D eigenvalue weighted by Gasteiger charge is -2.16. The molecule has 0 fully saturated rings. The Kier molecular flexibility index (Phi) is 4.34. The predicted molar refractivity (Wildman–Crippen MR) is 65.1 cm³/mol. The van der Waals surface area contributed by atoms with Crippen LogP contribution in [0.15, 0.2) is 6.07 Å². The lowest BCUT2D eigenvalue weighted by atomic mass is 10.0. The number of carbonyl (C=O) groups is 1. The van der Waals surface area contributed by atoms with Crippen LogP contribution in [0.1, 0.15) is 16.7 Å². The van der Waals surface area contributed by atoms with E-state index in [9.17, 15) is 4.79 Å². The standard InChI is InChI=1S/C12H18N2O3/c1-7-8(2)12(17-4)9(5-10(7)16-3)6-11(15)14-13/h5H,6,13H2,1-4H3,(H,14,15). The number of amides is 1. The van der Waals surface area contributed by atoms with Crippen molar-refractivity contribution in [1.29, 1.82) is 0 Å². The quantitative estimate of drug-likeness (QED) is 0.463. The molecular weight excluding hydrogens is 220 g/mol.